The van der Waals surface area contributed by atoms with Crippen LogP contribution in [0.4, 0.5) is 0 Å². The number of carbonyl (C=O) groups excluding carboxylic acids is 1. The zero-order valence-corrected chi connectivity index (χ0v) is 16.0. The van der Waals surface area contributed by atoms with Crippen LogP contribution in [0.5, 0.6) is 0 Å². The van der Waals surface area contributed by atoms with Gasteiger partial charge >= 0.3 is 0 Å². The third kappa shape index (κ3) is 4.04. The lowest BCUT2D eigenvalue weighted by Crippen LogP contribution is -2.49. The van der Waals surface area contributed by atoms with E-state index in [1.54, 1.807) is 0 Å². The van der Waals surface area contributed by atoms with E-state index in [2.05, 4.69) is 20.4 Å². The number of piperazine rings is 1. The van der Waals surface area contributed by atoms with Crippen LogP contribution in [0.15, 0.2) is 30.3 Å². The Balaban J connectivity index is 0.00000196. The molecule has 3 heterocycles. The number of rotatable bonds is 3. The Morgan fingerprint density at radius 2 is 1.88 bits per heavy atom. The fourth-order valence-electron chi connectivity index (χ4n) is 3.64. The summed E-state index contributed by atoms with van der Waals surface area (Å²) in [6.45, 7) is 5.82. The summed E-state index contributed by atoms with van der Waals surface area (Å²) < 4.78 is 0. The SMILES string of the molecule is Cl.O=C(c1cc(-c2ccc(Cl)cc2)n[nH]1)N1CCC(N2CCNCC2)C1. The molecule has 1 amide bonds. The molecule has 2 aliphatic heterocycles. The number of amides is 1. The fraction of sp³-hybridized carbons (Fsp3) is 0.444. The third-order valence-electron chi connectivity index (χ3n) is 5.07. The minimum atomic E-state index is 0. The average molecular weight is 396 g/mol. The van der Waals surface area contributed by atoms with Crippen LogP contribution in [-0.4, -0.2) is 71.2 Å². The molecule has 0 saturated carbocycles. The quantitative estimate of drug-likeness (QED) is 0.836. The van der Waals surface area contributed by atoms with E-state index in [4.69, 9.17) is 11.6 Å². The van der Waals surface area contributed by atoms with Crippen LogP contribution in [0.3, 0.4) is 0 Å². The molecule has 2 saturated heterocycles. The molecule has 1 aromatic carbocycles. The van der Waals surface area contributed by atoms with Gasteiger partial charge in [-0.15, -0.1) is 12.4 Å². The summed E-state index contributed by atoms with van der Waals surface area (Å²) in [6, 6.07) is 9.76. The normalized spacial score (nSPS) is 20.8. The molecule has 1 aromatic heterocycles. The summed E-state index contributed by atoms with van der Waals surface area (Å²) in [7, 11) is 0. The Kier molecular flexibility index (Phi) is 6.19. The number of carbonyl (C=O) groups is 1. The van der Waals surface area contributed by atoms with Crippen LogP contribution < -0.4 is 5.32 Å². The van der Waals surface area contributed by atoms with Crippen molar-refractivity contribution in [3.05, 3.63) is 41.0 Å². The number of hydrogen-bond donors (Lipinski definition) is 2. The largest absolute Gasteiger partial charge is 0.336 e. The van der Waals surface area contributed by atoms with E-state index in [9.17, 15) is 4.79 Å². The maximum absolute atomic E-state index is 12.8. The Morgan fingerprint density at radius 1 is 1.15 bits per heavy atom. The van der Waals surface area contributed by atoms with E-state index in [0.717, 1.165) is 56.9 Å². The molecule has 2 aliphatic rings. The number of halogens is 2. The predicted octanol–water partition coefficient (Wildman–Crippen LogP) is 2.27. The van der Waals surface area contributed by atoms with Crippen molar-refractivity contribution < 1.29 is 4.79 Å². The molecule has 0 aliphatic carbocycles. The average Bonchev–Trinajstić information content (AvgIpc) is 3.33. The summed E-state index contributed by atoms with van der Waals surface area (Å²) in [5.41, 5.74) is 2.25. The number of nitrogens with zero attached hydrogens (tertiary/aromatic N) is 3. The number of benzene rings is 1. The smallest absolute Gasteiger partial charge is 0.271 e. The van der Waals surface area contributed by atoms with Crippen LogP contribution in [0.1, 0.15) is 16.9 Å². The molecule has 2 aromatic rings. The molecule has 4 rings (SSSR count). The van der Waals surface area contributed by atoms with Gasteiger partial charge in [0.2, 0.25) is 0 Å². The zero-order chi connectivity index (χ0) is 17.2. The molecule has 1 unspecified atom stereocenters. The second kappa shape index (κ2) is 8.39. The highest BCUT2D eigenvalue weighted by Gasteiger charge is 2.31. The van der Waals surface area contributed by atoms with Gasteiger partial charge in [0.15, 0.2) is 0 Å². The Bertz CT molecular complexity index is 742. The number of hydrogen-bond acceptors (Lipinski definition) is 4. The van der Waals surface area contributed by atoms with Gasteiger partial charge in [-0.1, -0.05) is 23.7 Å². The second-order valence-electron chi connectivity index (χ2n) is 6.65. The number of aromatic nitrogens is 2. The van der Waals surface area contributed by atoms with E-state index < -0.39 is 0 Å². The van der Waals surface area contributed by atoms with Crippen molar-refractivity contribution in [2.75, 3.05) is 39.3 Å². The minimum absolute atomic E-state index is 0. The van der Waals surface area contributed by atoms with Crippen LogP contribution in [0.25, 0.3) is 11.3 Å². The Morgan fingerprint density at radius 3 is 2.62 bits per heavy atom. The molecule has 8 heteroatoms. The highest BCUT2D eigenvalue weighted by molar-refractivity contribution is 6.30. The highest BCUT2D eigenvalue weighted by Crippen LogP contribution is 2.22. The minimum Gasteiger partial charge on any atom is -0.336 e. The van der Waals surface area contributed by atoms with Gasteiger partial charge in [0, 0.05) is 55.9 Å². The summed E-state index contributed by atoms with van der Waals surface area (Å²) >= 11 is 5.92. The number of H-pyrrole nitrogens is 1. The van der Waals surface area contributed by atoms with E-state index in [1.165, 1.54) is 0 Å². The van der Waals surface area contributed by atoms with Crippen molar-refractivity contribution in [1.82, 2.24) is 25.3 Å². The van der Waals surface area contributed by atoms with Crippen LogP contribution in [0, 0.1) is 0 Å². The maximum Gasteiger partial charge on any atom is 0.271 e. The first kappa shape index (κ1) is 19.2. The topological polar surface area (TPSA) is 64.3 Å². The van der Waals surface area contributed by atoms with Gasteiger partial charge in [-0.2, -0.15) is 5.10 Å². The molecular formula is C18H23Cl2N5O. The van der Waals surface area contributed by atoms with Gasteiger partial charge in [-0.3, -0.25) is 14.8 Å². The van der Waals surface area contributed by atoms with E-state index >= 15 is 0 Å². The summed E-state index contributed by atoms with van der Waals surface area (Å²) in [5.74, 6) is 0.0327. The Hall–Kier alpha value is -1.60. The summed E-state index contributed by atoms with van der Waals surface area (Å²) in [4.78, 5) is 17.2. The highest BCUT2D eigenvalue weighted by atomic mass is 35.5. The second-order valence-corrected chi connectivity index (χ2v) is 7.09. The first-order valence-electron chi connectivity index (χ1n) is 8.76. The number of likely N-dealkylation sites (tertiary alicyclic amines) is 1. The molecule has 0 radical (unpaired) electrons. The van der Waals surface area contributed by atoms with E-state index in [1.807, 2.05) is 35.2 Å². The molecule has 0 spiro atoms. The standard InChI is InChI=1S/C18H22ClN5O.ClH/c19-14-3-1-13(2-4-14)16-11-17(22-21-16)18(25)24-8-5-15(12-24)23-9-6-20-7-10-23;/h1-4,11,15,20H,5-10,12H2,(H,21,22);1H. The van der Waals surface area contributed by atoms with Gasteiger partial charge in [0.05, 0.1) is 5.69 Å². The number of aromatic amines is 1. The van der Waals surface area contributed by atoms with Crippen molar-refractivity contribution in [2.24, 2.45) is 0 Å². The predicted molar refractivity (Wildman–Crippen MR) is 105 cm³/mol. The monoisotopic (exact) mass is 395 g/mol. The van der Waals surface area contributed by atoms with Crippen LogP contribution in [-0.2, 0) is 0 Å². The van der Waals surface area contributed by atoms with Gasteiger partial charge < -0.3 is 10.2 Å². The van der Waals surface area contributed by atoms with Crippen molar-refractivity contribution in [3.63, 3.8) is 0 Å². The number of nitrogens with one attached hydrogen (secondary N) is 2. The lowest BCUT2D eigenvalue weighted by atomic mass is 10.1. The van der Waals surface area contributed by atoms with Crippen molar-refractivity contribution in [2.45, 2.75) is 12.5 Å². The Labute approximate surface area is 164 Å². The third-order valence-corrected chi connectivity index (χ3v) is 5.32. The van der Waals surface area contributed by atoms with Crippen molar-refractivity contribution >= 4 is 29.9 Å². The van der Waals surface area contributed by atoms with E-state index in [0.29, 0.717) is 16.8 Å². The van der Waals surface area contributed by atoms with Gasteiger partial charge in [0.25, 0.3) is 5.91 Å². The van der Waals surface area contributed by atoms with Crippen molar-refractivity contribution in [3.8, 4) is 11.3 Å². The molecule has 140 valence electrons. The molecule has 1 atom stereocenters. The first-order valence-corrected chi connectivity index (χ1v) is 9.14. The maximum atomic E-state index is 12.8. The van der Waals surface area contributed by atoms with Gasteiger partial charge in [-0.25, -0.2) is 0 Å². The lowest BCUT2D eigenvalue weighted by Gasteiger charge is -2.32. The zero-order valence-electron chi connectivity index (χ0n) is 14.4. The fourth-order valence-corrected chi connectivity index (χ4v) is 3.77. The molecule has 2 fully saturated rings. The van der Waals surface area contributed by atoms with Crippen LogP contribution in [0.2, 0.25) is 5.02 Å². The molecule has 0 bridgehead atoms. The molecule has 6 nitrogen and oxygen atoms in total. The van der Waals surface area contributed by atoms with Gasteiger partial charge in [0.1, 0.15) is 5.69 Å². The molecular weight excluding hydrogens is 373 g/mol. The molecule has 2 N–H and O–H groups in total. The molecule has 26 heavy (non-hydrogen) atoms. The van der Waals surface area contributed by atoms with Crippen LogP contribution >= 0.6 is 24.0 Å². The first-order chi connectivity index (χ1) is 12.2. The van der Waals surface area contributed by atoms with E-state index in [-0.39, 0.29) is 18.3 Å². The van der Waals surface area contributed by atoms with Gasteiger partial charge in [-0.05, 0) is 24.6 Å². The lowest BCUT2D eigenvalue weighted by molar-refractivity contribution is 0.0767. The summed E-state index contributed by atoms with van der Waals surface area (Å²) in [5, 5.41) is 11.2. The summed E-state index contributed by atoms with van der Waals surface area (Å²) in [6.07, 6.45) is 1.05. The van der Waals surface area contributed by atoms with Crippen molar-refractivity contribution in [1.29, 1.82) is 0 Å².